The molecule has 3 heteroatoms. The summed E-state index contributed by atoms with van der Waals surface area (Å²) in [6.07, 6.45) is 0.707. The van der Waals surface area contributed by atoms with E-state index < -0.39 is 0 Å². The van der Waals surface area contributed by atoms with Crippen molar-refractivity contribution in [3.63, 3.8) is 0 Å². The van der Waals surface area contributed by atoms with Gasteiger partial charge in [-0.05, 0) is 19.9 Å². The third kappa shape index (κ3) is 4.09. The lowest BCUT2D eigenvalue weighted by atomic mass is 10.4. The summed E-state index contributed by atoms with van der Waals surface area (Å²) >= 11 is 0. The predicted octanol–water partition coefficient (Wildman–Crippen LogP) is 0.455. The minimum atomic E-state index is -0.339. The molecular weight excluding hydrogens is 130 g/mol. The smallest absolute Gasteiger partial charge is 0.333 e. The van der Waals surface area contributed by atoms with E-state index in [2.05, 4.69) is 6.58 Å². The highest BCUT2D eigenvalue weighted by atomic mass is 16.5. The molecule has 3 nitrogen and oxygen atoms in total. The number of ether oxygens (including phenoxy) is 1. The summed E-state index contributed by atoms with van der Waals surface area (Å²) in [6.45, 7) is 5.98. The van der Waals surface area contributed by atoms with Gasteiger partial charge < -0.3 is 10.5 Å². The lowest BCUT2D eigenvalue weighted by Gasteiger charge is -2.01. The Morgan fingerprint density at radius 3 is 2.70 bits per heavy atom. The summed E-state index contributed by atoms with van der Waals surface area (Å²) in [6, 6.07) is 0. The van der Waals surface area contributed by atoms with Gasteiger partial charge in [0.25, 0.3) is 0 Å². The lowest BCUT2D eigenvalue weighted by Crippen LogP contribution is -2.09. The van der Waals surface area contributed by atoms with Crippen LogP contribution in [0.3, 0.4) is 0 Å². The molecule has 0 bridgehead atoms. The van der Waals surface area contributed by atoms with Crippen LogP contribution in [0, 0.1) is 0 Å². The second kappa shape index (κ2) is 4.99. The van der Waals surface area contributed by atoms with E-state index in [1.165, 1.54) is 0 Å². The van der Waals surface area contributed by atoms with Gasteiger partial charge in [-0.2, -0.15) is 0 Å². The zero-order valence-electron chi connectivity index (χ0n) is 6.22. The first kappa shape index (κ1) is 9.17. The van der Waals surface area contributed by atoms with Gasteiger partial charge >= 0.3 is 5.97 Å². The highest BCUT2D eigenvalue weighted by Gasteiger charge is 2.00. The molecule has 0 aromatic heterocycles. The Hall–Kier alpha value is -0.830. The fraction of sp³-hybridized carbons (Fsp3) is 0.571. The molecular formula is C7H13NO2. The van der Waals surface area contributed by atoms with Crippen molar-refractivity contribution in [1.82, 2.24) is 0 Å². The summed E-state index contributed by atoms with van der Waals surface area (Å²) in [5, 5.41) is 0. The van der Waals surface area contributed by atoms with Gasteiger partial charge in [0, 0.05) is 5.57 Å². The Morgan fingerprint density at radius 1 is 1.70 bits per heavy atom. The molecule has 0 spiro atoms. The summed E-state index contributed by atoms with van der Waals surface area (Å²) in [7, 11) is 0. The minimum Gasteiger partial charge on any atom is -0.462 e. The van der Waals surface area contributed by atoms with Crippen LogP contribution < -0.4 is 5.73 Å². The fourth-order valence-electron chi connectivity index (χ4n) is 0.371. The summed E-state index contributed by atoms with van der Waals surface area (Å²) in [4.78, 5) is 10.7. The number of rotatable bonds is 4. The monoisotopic (exact) mass is 143 g/mol. The van der Waals surface area contributed by atoms with Crippen LogP contribution in [0.25, 0.3) is 0 Å². The zero-order valence-corrected chi connectivity index (χ0v) is 6.22. The maximum atomic E-state index is 10.7. The topological polar surface area (TPSA) is 52.3 Å². The van der Waals surface area contributed by atoms with E-state index >= 15 is 0 Å². The van der Waals surface area contributed by atoms with Gasteiger partial charge in [0.05, 0.1) is 6.61 Å². The highest BCUT2D eigenvalue weighted by Crippen LogP contribution is 1.91. The van der Waals surface area contributed by atoms with Crippen molar-refractivity contribution in [1.29, 1.82) is 0 Å². The standard InChI is InChI=1S/C7H13NO2/c1-6(2)7(9)10-5-3-4-8/h1,3-5,8H2,2H3. The van der Waals surface area contributed by atoms with Gasteiger partial charge in [-0.1, -0.05) is 6.58 Å². The Labute approximate surface area is 60.9 Å². The van der Waals surface area contributed by atoms with E-state index in [0.29, 0.717) is 25.1 Å². The van der Waals surface area contributed by atoms with E-state index in [1.807, 2.05) is 0 Å². The van der Waals surface area contributed by atoms with Crippen LogP contribution in [0.2, 0.25) is 0 Å². The van der Waals surface area contributed by atoms with Gasteiger partial charge in [-0.15, -0.1) is 0 Å². The SMILES string of the molecule is C=C(C)C(=O)OCCCN. The third-order valence-corrected chi connectivity index (χ3v) is 0.930. The molecule has 2 N–H and O–H groups in total. The number of carbonyl (C=O) groups excluding carboxylic acids is 1. The Kier molecular flexibility index (Phi) is 4.58. The summed E-state index contributed by atoms with van der Waals surface area (Å²) < 4.78 is 4.73. The maximum absolute atomic E-state index is 10.7. The minimum absolute atomic E-state index is 0.339. The first-order valence-electron chi connectivity index (χ1n) is 3.21. The number of hydrogen-bond donors (Lipinski definition) is 1. The molecule has 0 saturated carbocycles. The molecule has 0 atom stereocenters. The molecule has 0 aromatic carbocycles. The van der Waals surface area contributed by atoms with Crippen LogP contribution >= 0.6 is 0 Å². The first-order valence-corrected chi connectivity index (χ1v) is 3.21. The van der Waals surface area contributed by atoms with E-state index in [9.17, 15) is 4.79 Å². The van der Waals surface area contributed by atoms with E-state index in [1.54, 1.807) is 6.92 Å². The third-order valence-electron chi connectivity index (χ3n) is 0.930. The molecule has 0 rings (SSSR count). The van der Waals surface area contributed by atoms with Crippen LogP contribution in [-0.4, -0.2) is 19.1 Å². The molecule has 0 aliphatic heterocycles. The Bertz CT molecular complexity index is 132. The maximum Gasteiger partial charge on any atom is 0.333 e. The van der Waals surface area contributed by atoms with Crippen LogP contribution in [-0.2, 0) is 9.53 Å². The molecule has 58 valence electrons. The van der Waals surface area contributed by atoms with Crippen LogP contribution in [0.15, 0.2) is 12.2 Å². The van der Waals surface area contributed by atoms with Crippen molar-refractivity contribution in [3.05, 3.63) is 12.2 Å². The van der Waals surface area contributed by atoms with Gasteiger partial charge in [0.15, 0.2) is 0 Å². The average molecular weight is 143 g/mol. The normalized spacial score (nSPS) is 9.00. The van der Waals surface area contributed by atoms with Crippen LogP contribution in [0.4, 0.5) is 0 Å². The molecule has 0 aromatic rings. The van der Waals surface area contributed by atoms with E-state index in [4.69, 9.17) is 10.5 Å². The number of nitrogens with two attached hydrogens (primary N) is 1. The Morgan fingerprint density at radius 2 is 2.30 bits per heavy atom. The van der Waals surface area contributed by atoms with Crippen molar-refractivity contribution in [3.8, 4) is 0 Å². The van der Waals surface area contributed by atoms with E-state index in [-0.39, 0.29) is 5.97 Å². The van der Waals surface area contributed by atoms with Crippen molar-refractivity contribution in [2.45, 2.75) is 13.3 Å². The summed E-state index contributed by atoms with van der Waals surface area (Å²) in [5.74, 6) is -0.339. The predicted molar refractivity (Wildman–Crippen MR) is 39.4 cm³/mol. The largest absolute Gasteiger partial charge is 0.462 e. The van der Waals surface area contributed by atoms with Crippen molar-refractivity contribution in [2.24, 2.45) is 5.73 Å². The molecule has 0 heterocycles. The van der Waals surface area contributed by atoms with Crippen molar-refractivity contribution < 1.29 is 9.53 Å². The number of hydrogen-bond acceptors (Lipinski definition) is 3. The summed E-state index contributed by atoms with van der Waals surface area (Å²) in [5.41, 5.74) is 5.60. The van der Waals surface area contributed by atoms with Gasteiger partial charge in [0.2, 0.25) is 0 Å². The van der Waals surface area contributed by atoms with Crippen LogP contribution in [0.1, 0.15) is 13.3 Å². The second-order valence-corrected chi connectivity index (χ2v) is 2.06. The average Bonchev–Trinajstić information content (AvgIpc) is 1.88. The van der Waals surface area contributed by atoms with E-state index in [0.717, 1.165) is 0 Å². The first-order chi connectivity index (χ1) is 4.68. The number of carbonyl (C=O) groups is 1. The highest BCUT2D eigenvalue weighted by molar-refractivity contribution is 5.86. The van der Waals surface area contributed by atoms with Crippen molar-refractivity contribution >= 4 is 5.97 Å². The molecule has 0 aliphatic rings. The molecule has 0 fully saturated rings. The van der Waals surface area contributed by atoms with Gasteiger partial charge in [0.1, 0.15) is 0 Å². The Balaban J connectivity index is 3.31. The molecule has 0 unspecified atom stereocenters. The van der Waals surface area contributed by atoms with Gasteiger partial charge in [-0.25, -0.2) is 4.79 Å². The lowest BCUT2D eigenvalue weighted by molar-refractivity contribution is -0.138. The van der Waals surface area contributed by atoms with Gasteiger partial charge in [-0.3, -0.25) is 0 Å². The van der Waals surface area contributed by atoms with Crippen LogP contribution in [0.5, 0.6) is 0 Å². The molecule has 0 amide bonds. The quantitative estimate of drug-likeness (QED) is 0.353. The van der Waals surface area contributed by atoms with Crippen molar-refractivity contribution in [2.75, 3.05) is 13.2 Å². The molecule has 0 aliphatic carbocycles. The molecule has 0 radical (unpaired) electrons. The number of esters is 1. The second-order valence-electron chi connectivity index (χ2n) is 2.06. The zero-order chi connectivity index (χ0) is 7.98. The molecule has 10 heavy (non-hydrogen) atoms. The fourth-order valence-corrected chi connectivity index (χ4v) is 0.371. The molecule has 0 saturated heterocycles.